The van der Waals surface area contributed by atoms with Crippen molar-refractivity contribution in [3.05, 3.63) is 29.8 Å². The lowest BCUT2D eigenvalue weighted by Gasteiger charge is -2.42. The molecule has 0 saturated carbocycles. The summed E-state index contributed by atoms with van der Waals surface area (Å²) in [5.74, 6) is 1.14. The van der Waals surface area contributed by atoms with E-state index in [1.807, 2.05) is 29.2 Å². The minimum absolute atomic E-state index is 0. The zero-order valence-electron chi connectivity index (χ0n) is 15.7. The number of rotatable bonds is 7. The van der Waals surface area contributed by atoms with E-state index in [0.717, 1.165) is 73.8 Å². The minimum Gasteiger partial charge on any atom is -1.00 e. The van der Waals surface area contributed by atoms with Gasteiger partial charge in [0.2, 0.25) is 0 Å². The van der Waals surface area contributed by atoms with E-state index < -0.39 is 0 Å². The number of hydrogen-bond acceptors (Lipinski definition) is 4. The number of hydrogen-bond donors (Lipinski definition) is 1. The number of quaternary nitrogens is 1. The first kappa shape index (κ1) is 21.8. The monoisotopic (exact) mass is 491 g/mol. The van der Waals surface area contributed by atoms with Crippen molar-refractivity contribution in [1.29, 1.82) is 0 Å². The maximum atomic E-state index is 13.0. The number of morpholine rings is 1. The highest BCUT2D eigenvalue weighted by molar-refractivity contribution is 7.99. The molecule has 0 spiro atoms. The smallest absolute Gasteiger partial charge is 0.258 e. The van der Waals surface area contributed by atoms with Gasteiger partial charge in [0.25, 0.3) is 5.91 Å². The van der Waals surface area contributed by atoms with Crippen molar-refractivity contribution >= 4 is 23.4 Å². The van der Waals surface area contributed by atoms with Crippen molar-refractivity contribution in [1.82, 2.24) is 4.90 Å². The van der Waals surface area contributed by atoms with E-state index >= 15 is 0 Å². The number of likely N-dealkylation sites (N-methyl/N-ethyl adjacent to an activating group) is 1. The molecular formula is C19H30IN3O2S. The lowest BCUT2D eigenvalue weighted by molar-refractivity contribution is -0.933. The van der Waals surface area contributed by atoms with Crippen LogP contribution in [0.15, 0.2) is 24.3 Å². The Bertz CT molecular complexity index is 596. The number of amides is 1. The van der Waals surface area contributed by atoms with Gasteiger partial charge in [-0.3, -0.25) is 4.79 Å². The molecule has 2 aliphatic rings. The van der Waals surface area contributed by atoms with Crippen LogP contribution in [0.4, 0.5) is 5.69 Å². The topological polar surface area (TPSA) is 41.6 Å². The first-order chi connectivity index (χ1) is 12.2. The van der Waals surface area contributed by atoms with E-state index in [4.69, 9.17) is 4.74 Å². The summed E-state index contributed by atoms with van der Waals surface area (Å²) < 4.78 is 6.66. The van der Waals surface area contributed by atoms with Gasteiger partial charge in [-0.25, -0.2) is 0 Å². The summed E-state index contributed by atoms with van der Waals surface area (Å²) in [5, 5.41) is 3.53. The van der Waals surface area contributed by atoms with Crippen LogP contribution in [0.25, 0.3) is 0 Å². The number of halogens is 1. The molecule has 0 radical (unpaired) electrons. The summed E-state index contributed by atoms with van der Waals surface area (Å²) in [4.78, 5) is 15.0. The molecule has 1 N–H and O–H groups in total. The number of fused-ring (bicyclic) bond motifs is 1. The Morgan fingerprint density at radius 2 is 2.00 bits per heavy atom. The number of thioether (sulfide) groups is 1. The van der Waals surface area contributed by atoms with Gasteiger partial charge >= 0.3 is 0 Å². The third-order valence-corrected chi connectivity index (χ3v) is 6.45. The summed E-state index contributed by atoms with van der Waals surface area (Å²) in [6, 6.07) is 7.84. The predicted molar refractivity (Wildman–Crippen MR) is 104 cm³/mol. The van der Waals surface area contributed by atoms with Crippen LogP contribution in [0.1, 0.15) is 30.6 Å². The molecule has 0 bridgehead atoms. The second-order valence-electron chi connectivity index (χ2n) is 6.79. The van der Waals surface area contributed by atoms with Crippen LogP contribution in [0, 0.1) is 0 Å². The standard InChI is InChI=1S/C19H29N3O2S.HI/c1-3-22(12-14-24-15-13-22)11-7-10-21-18(23)16-8-5-6-9-17(16)20-19(21)25-4-2;/h5-6,8-9,19H,3-4,7,10-15H2,1-2H3;1H. The molecule has 1 saturated heterocycles. The van der Waals surface area contributed by atoms with Crippen molar-refractivity contribution in [2.75, 3.05) is 57.0 Å². The van der Waals surface area contributed by atoms with Gasteiger partial charge < -0.3 is 43.4 Å². The average Bonchev–Trinajstić information content (AvgIpc) is 2.65. The van der Waals surface area contributed by atoms with E-state index in [2.05, 4.69) is 19.2 Å². The number of anilines is 1. The highest BCUT2D eigenvalue weighted by Gasteiger charge is 2.33. The maximum absolute atomic E-state index is 13.0. The Morgan fingerprint density at radius 3 is 2.69 bits per heavy atom. The predicted octanol–water partition coefficient (Wildman–Crippen LogP) is -0.148. The third kappa shape index (κ3) is 4.85. The largest absolute Gasteiger partial charge is 1.00 e. The molecule has 0 aliphatic carbocycles. The summed E-state index contributed by atoms with van der Waals surface area (Å²) in [7, 11) is 0. The zero-order chi connectivity index (χ0) is 17.7. The third-order valence-electron chi connectivity index (χ3n) is 5.43. The number of benzene rings is 1. The fourth-order valence-electron chi connectivity index (χ4n) is 3.78. The molecule has 1 aromatic carbocycles. The van der Waals surface area contributed by atoms with Gasteiger partial charge in [-0.05, 0) is 24.8 Å². The summed E-state index contributed by atoms with van der Waals surface area (Å²) >= 11 is 1.79. The second kappa shape index (κ2) is 10.1. The van der Waals surface area contributed by atoms with Crippen LogP contribution in [0.3, 0.4) is 0 Å². The van der Waals surface area contributed by atoms with Crippen molar-refractivity contribution in [2.45, 2.75) is 25.8 Å². The molecule has 1 atom stereocenters. The van der Waals surface area contributed by atoms with Crippen LogP contribution in [-0.4, -0.2) is 72.5 Å². The SMILES string of the molecule is CCSC1Nc2ccccc2C(=O)N1CCC[N+]1(CC)CCOCC1.[I-]. The fourth-order valence-corrected chi connectivity index (χ4v) is 4.69. The second-order valence-corrected chi connectivity index (χ2v) is 8.15. The molecule has 2 heterocycles. The summed E-state index contributed by atoms with van der Waals surface area (Å²) in [6.07, 6.45) is 1.03. The Balaban J connectivity index is 0.00000243. The van der Waals surface area contributed by atoms with Gasteiger partial charge in [0.1, 0.15) is 13.1 Å². The van der Waals surface area contributed by atoms with Gasteiger partial charge in [0.15, 0.2) is 5.50 Å². The van der Waals surface area contributed by atoms with Crippen LogP contribution in [0.5, 0.6) is 0 Å². The number of ether oxygens (including phenoxy) is 1. The minimum atomic E-state index is 0. The lowest BCUT2D eigenvalue weighted by atomic mass is 10.1. The van der Waals surface area contributed by atoms with Crippen LogP contribution >= 0.6 is 11.8 Å². The highest BCUT2D eigenvalue weighted by Crippen LogP contribution is 2.30. The molecule has 1 amide bonds. The number of nitrogens with one attached hydrogen (secondary N) is 1. The number of para-hydroxylation sites is 1. The number of carbonyl (C=O) groups excluding carboxylic acids is 1. The molecule has 1 aromatic rings. The summed E-state index contributed by atoms with van der Waals surface area (Å²) in [6.45, 7) is 11.4. The van der Waals surface area contributed by atoms with Crippen molar-refractivity contribution < 1.29 is 38.0 Å². The average molecular weight is 491 g/mol. The molecular weight excluding hydrogens is 461 g/mol. The van der Waals surface area contributed by atoms with E-state index in [1.165, 1.54) is 0 Å². The molecule has 5 nitrogen and oxygen atoms in total. The number of carbonyl (C=O) groups is 1. The molecule has 146 valence electrons. The first-order valence-corrected chi connectivity index (χ1v) is 10.4. The normalized spacial score (nSPS) is 21.5. The van der Waals surface area contributed by atoms with E-state index in [1.54, 1.807) is 11.8 Å². The Hall–Kier alpha value is -0.510. The molecule has 0 aromatic heterocycles. The molecule has 2 aliphatic heterocycles. The van der Waals surface area contributed by atoms with Crippen molar-refractivity contribution in [2.24, 2.45) is 0 Å². The van der Waals surface area contributed by atoms with Gasteiger partial charge in [-0.2, -0.15) is 0 Å². The van der Waals surface area contributed by atoms with Gasteiger partial charge in [-0.1, -0.05) is 19.1 Å². The highest BCUT2D eigenvalue weighted by atomic mass is 127. The number of nitrogens with zero attached hydrogens (tertiary/aromatic N) is 2. The first-order valence-electron chi connectivity index (χ1n) is 9.40. The molecule has 26 heavy (non-hydrogen) atoms. The Kier molecular flexibility index (Phi) is 8.50. The lowest BCUT2D eigenvalue weighted by Crippen LogP contribution is -3.00. The maximum Gasteiger partial charge on any atom is 0.258 e. The van der Waals surface area contributed by atoms with Gasteiger partial charge in [0, 0.05) is 18.7 Å². The van der Waals surface area contributed by atoms with Gasteiger partial charge in [-0.15, -0.1) is 11.8 Å². The zero-order valence-corrected chi connectivity index (χ0v) is 18.7. The van der Waals surface area contributed by atoms with Gasteiger partial charge in [0.05, 0.1) is 31.9 Å². The van der Waals surface area contributed by atoms with Crippen LogP contribution in [0.2, 0.25) is 0 Å². The molecule has 3 rings (SSSR count). The van der Waals surface area contributed by atoms with Crippen molar-refractivity contribution in [3.8, 4) is 0 Å². The van der Waals surface area contributed by atoms with Crippen LogP contribution in [-0.2, 0) is 4.74 Å². The fraction of sp³-hybridized carbons (Fsp3) is 0.632. The van der Waals surface area contributed by atoms with E-state index in [0.29, 0.717) is 0 Å². The van der Waals surface area contributed by atoms with E-state index in [9.17, 15) is 4.79 Å². The van der Waals surface area contributed by atoms with Crippen LogP contribution < -0.4 is 29.3 Å². The van der Waals surface area contributed by atoms with E-state index in [-0.39, 0.29) is 35.4 Å². The molecule has 7 heteroatoms. The summed E-state index contributed by atoms with van der Waals surface area (Å²) in [5.41, 5.74) is 1.79. The Morgan fingerprint density at radius 1 is 1.27 bits per heavy atom. The molecule has 1 unspecified atom stereocenters. The Labute approximate surface area is 178 Å². The van der Waals surface area contributed by atoms with Crippen molar-refractivity contribution in [3.63, 3.8) is 0 Å². The molecule has 1 fully saturated rings. The quantitative estimate of drug-likeness (QED) is 0.426.